The van der Waals surface area contributed by atoms with Gasteiger partial charge in [0.2, 0.25) is 5.91 Å². The van der Waals surface area contributed by atoms with E-state index in [9.17, 15) is 18.0 Å². The predicted octanol–water partition coefficient (Wildman–Crippen LogP) is 1.59. The van der Waals surface area contributed by atoms with Crippen LogP contribution in [0.5, 0.6) is 0 Å². The summed E-state index contributed by atoms with van der Waals surface area (Å²) in [6, 6.07) is 1.72. The normalized spacial score (nSPS) is 17.7. The highest BCUT2D eigenvalue weighted by atomic mass is 19.2. The van der Waals surface area contributed by atoms with Crippen molar-refractivity contribution in [1.29, 1.82) is 0 Å². The Morgan fingerprint density at radius 3 is 2.80 bits per heavy atom. The van der Waals surface area contributed by atoms with Gasteiger partial charge in [-0.2, -0.15) is 0 Å². The highest BCUT2D eigenvalue weighted by molar-refractivity contribution is 5.95. The van der Waals surface area contributed by atoms with Crippen LogP contribution in [0.2, 0.25) is 0 Å². The molecule has 1 saturated heterocycles. The van der Waals surface area contributed by atoms with E-state index >= 15 is 0 Å². The van der Waals surface area contributed by atoms with E-state index < -0.39 is 29.0 Å². The standard InChI is InChI=1S/C16H21F3N4O2/c1-20-16(23-6-5-10(8-23)9-25-2)21-7-13(24)22-12-4-3-11(17)14(18)15(12)19/h3-4,10H,5-9H2,1-2H3,(H,20,21)(H,22,24). The molecule has 9 heteroatoms. The van der Waals surface area contributed by atoms with Crippen molar-refractivity contribution in [1.82, 2.24) is 10.2 Å². The highest BCUT2D eigenvalue weighted by Crippen LogP contribution is 2.19. The van der Waals surface area contributed by atoms with Crippen molar-refractivity contribution in [3.05, 3.63) is 29.6 Å². The minimum Gasteiger partial charge on any atom is -0.384 e. The fourth-order valence-corrected chi connectivity index (χ4v) is 2.71. The fourth-order valence-electron chi connectivity index (χ4n) is 2.71. The molecule has 2 N–H and O–H groups in total. The minimum atomic E-state index is -1.62. The smallest absolute Gasteiger partial charge is 0.243 e. The van der Waals surface area contributed by atoms with Crippen LogP contribution >= 0.6 is 0 Å². The molecule has 1 aliphatic heterocycles. The third-order valence-corrected chi connectivity index (χ3v) is 3.92. The highest BCUT2D eigenvalue weighted by Gasteiger charge is 2.25. The Bertz CT molecular complexity index is 655. The molecule has 25 heavy (non-hydrogen) atoms. The lowest BCUT2D eigenvalue weighted by Crippen LogP contribution is -2.43. The number of anilines is 1. The van der Waals surface area contributed by atoms with E-state index in [1.165, 1.54) is 0 Å². The minimum absolute atomic E-state index is 0.184. The van der Waals surface area contributed by atoms with Crippen LogP contribution < -0.4 is 10.6 Å². The van der Waals surface area contributed by atoms with Crippen LogP contribution in [0.4, 0.5) is 18.9 Å². The van der Waals surface area contributed by atoms with E-state index in [0.717, 1.165) is 31.6 Å². The van der Waals surface area contributed by atoms with E-state index in [4.69, 9.17) is 4.74 Å². The van der Waals surface area contributed by atoms with Gasteiger partial charge in [-0.05, 0) is 18.6 Å². The molecule has 1 unspecified atom stereocenters. The average molecular weight is 358 g/mol. The number of likely N-dealkylation sites (tertiary alicyclic amines) is 1. The fraction of sp³-hybridized carbons (Fsp3) is 0.500. The number of guanidine groups is 1. The van der Waals surface area contributed by atoms with Gasteiger partial charge in [-0.25, -0.2) is 13.2 Å². The first-order valence-electron chi connectivity index (χ1n) is 7.84. The zero-order valence-corrected chi connectivity index (χ0v) is 14.1. The second-order valence-corrected chi connectivity index (χ2v) is 5.73. The molecule has 6 nitrogen and oxygen atoms in total. The van der Waals surface area contributed by atoms with Crippen molar-refractivity contribution in [2.75, 3.05) is 45.7 Å². The van der Waals surface area contributed by atoms with E-state index in [1.807, 2.05) is 4.90 Å². The summed E-state index contributed by atoms with van der Waals surface area (Å²) in [4.78, 5) is 18.0. The van der Waals surface area contributed by atoms with Gasteiger partial charge in [-0.3, -0.25) is 9.79 Å². The van der Waals surface area contributed by atoms with E-state index in [-0.39, 0.29) is 6.54 Å². The number of carbonyl (C=O) groups excluding carboxylic acids is 1. The second kappa shape index (κ2) is 8.70. The third-order valence-electron chi connectivity index (χ3n) is 3.92. The molecule has 0 radical (unpaired) electrons. The summed E-state index contributed by atoms with van der Waals surface area (Å²) >= 11 is 0. The molecular formula is C16H21F3N4O2. The average Bonchev–Trinajstić information content (AvgIpc) is 3.05. The van der Waals surface area contributed by atoms with Crippen molar-refractivity contribution in [2.24, 2.45) is 10.9 Å². The van der Waals surface area contributed by atoms with Crippen LogP contribution in [0.1, 0.15) is 6.42 Å². The number of nitrogens with one attached hydrogen (secondary N) is 2. The predicted molar refractivity (Wildman–Crippen MR) is 87.9 cm³/mol. The molecule has 1 aliphatic rings. The number of rotatable bonds is 5. The molecule has 0 aromatic heterocycles. The molecule has 2 rings (SSSR count). The quantitative estimate of drug-likeness (QED) is 0.477. The maximum absolute atomic E-state index is 13.6. The van der Waals surface area contributed by atoms with Crippen LogP contribution in [0, 0.1) is 23.4 Å². The summed E-state index contributed by atoms with van der Waals surface area (Å²) in [5.41, 5.74) is -0.415. The lowest BCUT2D eigenvalue weighted by Gasteiger charge is -2.21. The molecule has 0 aliphatic carbocycles. The molecule has 1 amide bonds. The van der Waals surface area contributed by atoms with Crippen LogP contribution in [-0.2, 0) is 9.53 Å². The Morgan fingerprint density at radius 2 is 2.12 bits per heavy atom. The number of nitrogens with zero attached hydrogens (tertiary/aromatic N) is 2. The molecule has 1 atom stereocenters. The van der Waals surface area contributed by atoms with Crippen molar-refractivity contribution in [2.45, 2.75) is 6.42 Å². The van der Waals surface area contributed by atoms with Crippen molar-refractivity contribution in [3.63, 3.8) is 0 Å². The number of amides is 1. The summed E-state index contributed by atoms with van der Waals surface area (Å²) in [5.74, 6) is -4.02. The van der Waals surface area contributed by atoms with Crippen LogP contribution in [-0.4, -0.2) is 57.2 Å². The van der Waals surface area contributed by atoms with Gasteiger partial charge < -0.3 is 20.3 Å². The zero-order chi connectivity index (χ0) is 18.4. The van der Waals surface area contributed by atoms with Gasteiger partial charge in [-0.1, -0.05) is 0 Å². The SMILES string of the molecule is CN=C(NCC(=O)Nc1ccc(F)c(F)c1F)N1CCC(COC)C1. The second-order valence-electron chi connectivity index (χ2n) is 5.73. The van der Waals surface area contributed by atoms with E-state index in [2.05, 4.69) is 15.6 Å². The molecule has 0 saturated carbocycles. The van der Waals surface area contributed by atoms with Crippen LogP contribution in [0.25, 0.3) is 0 Å². The summed E-state index contributed by atoms with van der Waals surface area (Å²) in [6.07, 6.45) is 0.959. The molecule has 0 bridgehead atoms. The summed E-state index contributed by atoms with van der Waals surface area (Å²) in [6.45, 7) is 2.01. The number of benzene rings is 1. The Balaban J connectivity index is 1.88. The van der Waals surface area contributed by atoms with Crippen molar-refractivity contribution >= 4 is 17.6 Å². The maximum Gasteiger partial charge on any atom is 0.243 e. The number of hydrogen-bond donors (Lipinski definition) is 2. The van der Waals surface area contributed by atoms with E-state index in [0.29, 0.717) is 18.5 Å². The molecule has 0 spiro atoms. The Labute approximate surface area is 144 Å². The number of halogens is 3. The van der Waals surface area contributed by atoms with Gasteiger partial charge in [0.25, 0.3) is 0 Å². The number of carbonyl (C=O) groups is 1. The maximum atomic E-state index is 13.6. The topological polar surface area (TPSA) is 66.0 Å². The Hall–Kier alpha value is -2.29. The van der Waals surface area contributed by atoms with Gasteiger partial charge in [0.05, 0.1) is 18.8 Å². The molecule has 1 aromatic carbocycles. The molecular weight excluding hydrogens is 337 g/mol. The van der Waals surface area contributed by atoms with E-state index in [1.54, 1.807) is 14.2 Å². The number of hydrogen-bond acceptors (Lipinski definition) is 3. The van der Waals surface area contributed by atoms with Gasteiger partial charge >= 0.3 is 0 Å². The monoisotopic (exact) mass is 358 g/mol. The first kappa shape index (κ1) is 19.0. The molecule has 138 valence electrons. The summed E-state index contributed by atoms with van der Waals surface area (Å²) in [7, 11) is 3.25. The van der Waals surface area contributed by atoms with Crippen molar-refractivity contribution < 1.29 is 22.7 Å². The van der Waals surface area contributed by atoms with Crippen LogP contribution in [0.3, 0.4) is 0 Å². The molecule has 1 fully saturated rings. The number of ether oxygens (including phenoxy) is 1. The molecule has 1 heterocycles. The third kappa shape index (κ3) is 4.85. The first-order valence-corrected chi connectivity index (χ1v) is 7.84. The first-order chi connectivity index (χ1) is 12.0. The number of aliphatic imine (C=N–C) groups is 1. The lowest BCUT2D eigenvalue weighted by molar-refractivity contribution is -0.115. The van der Waals surface area contributed by atoms with Crippen LogP contribution in [0.15, 0.2) is 17.1 Å². The van der Waals surface area contributed by atoms with Gasteiger partial charge in [0.15, 0.2) is 23.4 Å². The van der Waals surface area contributed by atoms with Gasteiger partial charge in [0.1, 0.15) is 0 Å². The Morgan fingerprint density at radius 1 is 1.36 bits per heavy atom. The van der Waals surface area contributed by atoms with Gasteiger partial charge in [-0.15, -0.1) is 0 Å². The lowest BCUT2D eigenvalue weighted by atomic mass is 10.1. The van der Waals surface area contributed by atoms with Gasteiger partial charge in [0, 0.05) is 33.2 Å². The largest absolute Gasteiger partial charge is 0.384 e. The molecule has 1 aromatic rings. The summed E-state index contributed by atoms with van der Waals surface area (Å²) in [5, 5.41) is 5.07. The zero-order valence-electron chi connectivity index (χ0n) is 14.1. The van der Waals surface area contributed by atoms with Crippen molar-refractivity contribution in [3.8, 4) is 0 Å². The number of methoxy groups -OCH3 is 1. The summed E-state index contributed by atoms with van der Waals surface area (Å²) < 4.78 is 44.7. The Kier molecular flexibility index (Phi) is 6.63.